The predicted molar refractivity (Wildman–Crippen MR) is 130 cm³/mol. The van der Waals surface area contributed by atoms with Gasteiger partial charge in [0.15, 0.2) is 5.65 Å². The fourth-order valence-corrected chi connectivity index (χ4v) is 5.99. The molecule has 5 rings (SSSR count). The van der Waals surface area contributed by atoms with E-state index in [1.165, 1.54) is 9.66 Å². The monoisotopic (exact) mass is 545 g/mol. The SMILES string of the molecule is O=S(=O)(c1ccccc1)n1cc(I)c2cc(-c3ccc(N4CCOCC4)cc3)cnc21. The van der Waals surface area contributed by atoms with Crippen LogP contribution in [0, 0.1) is 3.57 Å². The Balaban J connectivity index is 1.51. The first-order valence-corrected chi connectivity index (χ1v) is 12.5. The highest BCUT2D eigenvalue weighted by atomic mass is 127. The van der Waals surface area contributed by atoms with Crippen molar-refractivity contribution in [2.24, 2.45) is 0 Å². The van der Waals surface area contributed by atoms with Gasteiger partial charge in [0.25, 0.3) is 10.0 Å². The lowest BCUT2D eigenvalue weighted by Crippen LogP contribution is -2.36. The van der Waals surface area contributed by atoms with Crippen LogP contribution < -0.4 is 4.90 Å². The molecule has 8 heteroatoms. The molecule has 0 atom stereocenters. The Hall–Kier alpha value is -2.43. The van der Waals surface area contributed by atoms with Crippen LogP contribution in [0.25, 0.3) is 22.2 Å². The number of anilines is 1. The quantitative estimate of drug-likeness (QED) is 0.357. The van der Waals surface area contributed by atoms with E-state index in [0.29, 0.717) is 5.65 Å². The highest BCUT2D eigenvalue weighted by Crippen LogP contribution is 2.30. The number of nitrogens with zero attached hydrogens (tertiary/aromatic N) is 3. The van der Waals surface area contributed by atoms with Gasteiger partial charge in [0.2, 0.25) is 0 Å². The maximum Gasteiger partial charge on any atom is 0.269 e. The normalized spacial score (nSPS) is 14.8. The van der Waals surface area contributed by atoms with Gasteiger partial charge in [0.1, 0.15) is 0 Å². The van der Waals surface area contributed by atoms with Crippen LogP contribution in [0.3, 0.4) is 0 Å². The standard InChI is InChI=1S/C23H20IN3O3S/c24-22-16-27(31(28,29)20-4-2-1-3-5-20)23-21(22)14-18(15-25-23)17-6-8-19(9-7-17)26-10-12-30-13-11-26/h1-9,14-16H,10-13H2. The summed E-state index contributed by atoms with van der Waals surface area (Å²) in [6, 6.07) is 18.8. The van der Waals surface area contributed by atoms with Crippen molar-refractivity contribution in [3.8, 4) is 11.1 Å². The number of hydrogen-bond donors (Lipinski definition) is 0. The zero-order chi connectivity index (χ0) is 21.4. The predicted octanol–water partition coefficient (Wildman–Crippen LogP) is 4.38. The van der Waals surface area contributed by atoms with Gasteiger partial charge in [-0.3, -0.25) is 0 Å². The topological polar surface area (TPSA) is 64.4 Å². The largest absolute Gasteiger partial charge is 0.378 e. The van der Waals surface area contributed by atoms with Crippen molar-refractivity contribution >= 4 is 49.3 Å². The fraction of sp³-hybridized carbons (Fsp3) is 0.174. The lowest BCUT2D eigenvalue weighted by atomic mass is 10.1. The minimum absolute atomic E-state index is 0.243. The van der Waals surface area contributed by atoms with E-state index >= 15 is 0 Å². The highest BCUT2D eigenvalue weighted by molar-refractivity contribution is 14.1. The molecule has 0 N–H and O–H groups in total. The van der Waals surface area contributed by atoms with Gasteiger partial charge in [-0.05, 0) is 58.5 Å². The third-order valence-corrected chi connectivity index (χ3v) is 7.96. The molecule has 0 unspecified atom stereocenters. The highest BCUT2D eigenvalue weighted by Gasteiger charge is 2.22. The molecule has 2 aromatic heterocycles. The van der Waals surface area contributed by atoms with Crippen molar-refractivity contribution in [3.05, 3.63) is 76.6 Å². The smallest absolute Gasteiger partial charge is 0.269 e. The molecule has 0 amide bonds. The van der Waals surface area contributed by atoms with E-state index in [4.69, 9.17) is 4.74 Å². The first-order valence-electron chi connectivity index (χ1n) is 9.94. The van der Waals surface area contributed by atoms with E-state index < -0.39 is 10.0 Å². The number of benzene rings is 2. The number of fused-ring (bicyclic) bond motifs is 1. The minimum Gasteiger partial charge on any atom is -0.378 e. The number of ether oxygens (including phenoxy) is 1. The third-order valence-electron chi connectivity index (χ3n) is 5.44. The lowest BCUT2D eigenvalue weighted by Gasteiger charge is -2.28. The Labute approximate surface area is 194 Å². The van der Waals surface area contributed by atoms with Gasteiger partial charge in [-0.1, -0.05) is 30.3 Å². The number of hydrogen-bond acceptors (Lipinski definition) is 5. The summed E-state index contributed by atoms with van der Waals surface area (Å²) in [6.45, 7) is 3.30. The average molecular weight is 545 g/mol. The molecule has 0 aliphatic carbocycles. The van der Waals surface area contributed by atoms with Crippen molar-refractivity contribution in [1.82, 2.24) is 8.96 Å². The van der Waals surface area contributed by atoms with E-state index in [1.54, 1.807) is 42.7 Å². The van der Waals surface area contributed by atoms with Crippen molar-refractivity contribution < 1.29 is 13.2 Å². The number of halogens is 1. The second-order valence-corrected chi connectivity index (χ2v) is 10.3. The summed E-state index contributed by atoms with van der Waals surface area (Å²) in [5.41, 5.74) is 3.60. The molecule has 1 aliphatic heterocycles. The van der Waals surface area contributed by atoms with Gasteiger partial charge in [0.05, 0.1) is 18.1 Å². The molecule has 0 spiro atoms. The second kappa shape index (κ2) is 8.25. The molecule has 1 saturated heterocycles. The van der Waals surface area contributed by atoms with E-state index in [1.807, 2.05) is 6.07 Å². The number of pyridine rings is 1. The fourth-order valence-electron chi connectivity index (χ4n) is 3.78. The molecule has 0 saturated carbocycles. The van der Waals surface area contributed by atoms with E-state index in [2.05, 4.69) is 56.7 Å². The van der Waals surface area contributed by atoms with Crippen LogP contribution in [0.5, 0.6) is 0 Å². The minimum atomic E-state index is -3.71. The van der Waals surface area contributed by atoms with Gasteiger partial charge >= 0.3 is 0 Å². The Morgan fingerprint density at radius 3 is 2.35 bits per heavy atom. The second-order valence-electron chi connectivity index (χ2n) is 7.33. The Kier molecular flexibility index (Phi) is 5.45. The first kappa shape index (κ1) is 20.5. The summed E-state index contributed by atoms with van der Waals surface area (Å²) in [7, 11) is -3.71. The van der Waals surface area contributed by atoms with Crippen LogP contribution in [0.2, 0.25) is 0 Å². The van der Waals surface area contributed by atoms with E-state index in [9.17, 15) is 8.42 Å². The van der Waals surface area contributed by atoms with Crippen molar-refractivity contribution in [3.63, 3.8) is 0 Å². The zero-order valence-electron chi connectivity index (χ0n) is 16.6. The Morgan fingerprint density at radius 1 is 0.935 bits per heavy atom. The molecule has 6 nitrogen and oxygen atoms in total. The van der Waals surface area contributed by atoms with Crippen LogP contribution in [-0.2, 0) is 14.8 Å². The molecule has 0 radical (unpaired) electrons. The van der Waals surface area contributed by atoms with Gasteiger partial charge in [0, 0.05) is 45.7 Å². The van der Waals surface area contributed by atoms with Crippen LogP contribution in [-0.4, -0.2) is 43.7 Å². The van der Waals surface area contributed by atoms with Crippen molar-refractivity contribution in [1.29, 1.82) is 0 Å². The average Bonchev–Trinajstić information content (AvgIpc) is 3.17. The summed E-state index contributed by atoms with van der Waals surface area (Å²) in [5.74, 6) is 0. The molecule has 31 heavy (non-hydrogen) atoms. The number of rotatable bonds is 4. The van der Waals surface area contributed by atoms with Crippen molar-refractivity contribution in [2.45, 2.75) is 4.90 Å². The summed E-state index contributed by atoms with van der Waals surface area (Å²) in [6.07, 6.45) is 3.37. The van der Waals surface area contributed by atoms with Crippen molar-refractivity contribution in [2.75, 3.05) is 31.2 Å². The van der Waals surface area contributed by atoms with Gasteiger partial charge in [-0.2, -0.15) is 0 Å². The summed E-state index contributed by atoms with van der Waals surface area (Å²) in [4.78, 5) is 7.09. The maximum absolute atomic E-state index is 13.1. The van der Waals surface area contributed by atoms with E-state index in [-0.39, 0.29) is 4.90 Å². The molecule has 1 aliphatic rings. The van der Waals surface area contributed by atoms with Crippen LogP contribution in [0.4, 0.5) is 5.69 Å². The van der Waals surface area contributed by atoms with Gasteiger partial charge < -0.3 is 9.64 Å². The summed E-state index contributed by atoms with van der Waals surface area (Å²) < 4.78 is 33.8. The molecule has 0 bridgehead atoms. The molecule has 4 aromatic rings. The Bertz CT molecular complexity index is 1330. The first-order chi connectivity index (χ1) is 15.0. The number of aromatic nitrogens is 2. The van der Waals surface area contributed by atoms with Crippen LogP contribution in [0.1, 0.15) is 0 Å². The third kappa shape index (κ3) is 3.83. The number of morpholine rings is 1. The molecule has 3 heterocycles. The molecular weight excluding hydrogens is 525 g/mol. The van der Waals surface area contributed by atoms with Gasteiger partial charge in [-0.25, -0.2) is 17.4 Å². The molecule has 2 aromatic carbocycles. The lowest BCUT2D eigenvalue weighted by molar-refractivity contribution is 0.122. The summed E-state index contributed by atoms with van der Waals surface area (Å²) >= 11 is 2.17. The molecule has 158 valence electrons. The maximum atomic E-state index is 13.1. The van der Waals surface area contributed by atoms with Crippen LogP contribution in [0.15, 0.2) is 78.0 Å². The zero-order valence-corrected chi connectivity index (χ0v) is 19.6. The molecule has 1 fully saturated rings. The van der Waals surface area contributed by atoms with Gasteiger partial charge in [-0.15, -0.1) is 0 Å². The molecular formula is C23H20IN3O3S. The summed E-state index contributed by atoms with van der Waals surface area (Å²) in [5, 5.41) is 0.815. The van der Waals surface area contributed by atoms with Crippen LogP contribution >= 0.6 is 22.6 Å². The Morgan fingerprint density at radius 2 is 1.65 bits per heavy atom. The van der Waals surface area contributed by atoms with E-state index in [0.717, 1.165) is 46.4 Å².